The molecule has 1 atom stereocenters. The van der Waals surface area contributed by atoms with Crippen LogP contribution in [0.4, 0.5) is 4.79 Å². The molecule has 0 spiro atoms. The summed E-state index contributed by atoms with van der Waals surface area (Å²) in [5, 5.41) is 3.72. The van der Waals surface area contributed by atoms with Crippen molar-refractivity contribution in [1.29, 1.82) is 0 Å². The van der Waals surface area contributed by atoms with Crippen LogP contribution in [0.15, 0.2) is 0 Å². The van der Waals surface area contributed by atoms with E-state index in [2.05, 4.69) is 16.6 Å². The van der Waals surface area contributed by atoms with Gasteiger partial charge in [0.25, 0.3) is 0 Å². The van der Waals surface area contributed by atoms with E-state index in [4.69, 9.17) is 18.0 Å². The van der Waals surface area contributed by atoms with Crippen LogP contribution in [0.2, 0.25) is 0 Å². The number of imide groups is 1. The molecule has 0 aliphatic heterocycles. The number of terminal acetylenes is 1. The molecule has 0 bridgehead atoms. The third kappa shape index (κ3) is 4.73. The Morgan fingerprint density at radius 3 is 2.36 bits per heavy atom. The summed E-state index contributed by atoms with van der Waals surface area (Å²) in [5.74, 6) is 1.80. The average molecular weight is 217 g/mol. The minimum Gasteiger partial charge on any atom is -0.322 e. The Bertz CT molecular complexity index is 279. The lowest BCUT2D eigenvalue weighted by Gasteiger charge is -2.19. The quantitative estimate of drug-likeness (QED) is 0.531. The van der Waals surface area contributed by atoms with Crippen LogP contribution in [0.5, 0.6) is 0 Å². The first-order chi connectivity index (χ1) is 6.28. The van der Waals surface area contributed by atoms with E-state index in [0.29, 0.717) is 0 Å². The second-order valence-electron chi connectivity index (χ2n) is 3.33. The zero-order valence-corrected chi connectivity index (χ0v) is 9.11. The molecule has 0 aliphatic carbocycles. The summed E-state index contributed by atoms with van der Waals surface area (Å²) in [6.45, 7) is 4.75. The average Bonchev–Trinajstić information content (AvgIpc) is 2.02. The number of rotatable bonds is 2. The lowest BCUT2D eigenvalue weighted by molar-refractivity contribution is -0.119. The van der Waals surface area contributed by atoms with Gasteiger partial charge in [-0.05, 0) is 20.8 Å². The maximum atomic E-state index is 11.1. The monoisotopic (exact) mass is 216 g/mol. The van der Waals surface area contributed by atoms with Crippen molar-refractivity contribution < 1.29 is 9.59 Å². The molecular formula is C9H13ClN2O2. The molecule has 0 aromatic carbocycles. The summed E-state index contributed by atoms with van der Waals surface area (Å²) in [6.07, 6.45) is 5.14. The van der Waals surface area contributed by atoms with Gasteiger partial charge in [0.05, 0.1) is 5.54 Å². The van der Waals surface area contributed by atoms with E-state index in [1.165, 1.54) is 6.92 Å². The Kier molecular flexibility index (Phi) is 4.45. The molecule has 0 fully saturated rings. The SMILES string of the molecule is C#CC(C)(C)NC(=O)NC(=O)C(C)Cl. The maximum absolute atomic E-state index is 11.1. The fourth-order valence-electron chi connectivity index (χ4n) is 0.563. The number of halogens is 1. The summed E-state index contributed by atoms with van der Waals surface area (Å²) in [6, 6.07) is -0.648. The predicted octanol–water partition coefficient (Wildman–Crippen LogP) is 0.851. The van der Waals surface area contributed by atoms with E-state index < -0.39 is 22.9 Å². The van der Waals surface area contributed by atoms with E-state index in [1.807, 2.05) is 0 Å². The molecular weight excluding hydrogens is 204 g/mol. The van der Waals surface area contributed by atoms with Crippen LogP contribution in [-0.2, 0) is 4.79 Å². The van der Waals surface area contributed by atoms with Crippen LogP contribution >= 0.6 is 11.6 Å². The molecule has 5 heteroatoms. The van der Waals surface area contributed by atoms with Gasteiger partial charge in [0, 0.05) is 0 Å². The van der Waals surface area contributed by atoms with Crippen molar-refractivity contribution in [1.82, 2.24) is 10.6 Å². The van der Waals surface area contributed by atoms with Crippen molar-refractivity contribution >= 4 is 23.5 Å². The molecule has 0 rings (SSSR count). The van der Waals surface area contributed by atoms with E-state index in [-0.39, 0.29) is 0 Å². The van der Waals surface area contributed by atoms with Crippen LogP contribution in [0.1, 0.15) is 20.8 Å². The summed E-state index contributed by atoms with van der Waals surface area (Å²) < 4.78 is 0. The first-order valence-corrected chi connectivity index (χ1v) is 4.47. The molecule has 0 radical (unpaired) electrons. The van der Waals surface area contributed by atoms with Crippen LogP contribution in [0, 0.1) is 12.3 Å². The zero-order chi connectivity index (χ0) is 11.4. The molecule has 4 nitrogen and oxygen atoms in total. The molecule has 0 saturated heterocycles. The van der Waals surface area contributed by atoms with Gasteiger partial charge in [0.1, 0.15) is 5.38 Å². The summed E-state index contributed by atoms with van der Waals surface area (Å²) >= 11 is 5.45. The van der Waals surface area contributed by atoms with Crippen molar-refractivity contribution in [3.63, 3.8) is 0 Å². The van der Waals surface area contributed by atoms with Crippen LogP contribution in [0.3, 0.4) is 0 Å². The van der Waals surface area contributed by atoms with Crippen molar-refractivity contribution in [3.05, 3.63) is 0 Å². The first kappa shape index (κ1) is 12.8. The minimum absolute atomic E-state index is 0.558. The highest BCUT2D eigenvalue weighted by Gasteiger charge is 2.19. The highest BCUT2D eigenvalue weighted by Crippen LogP contribution is 1.98. The Balaban J connectivity index is 4.14. The lowest BCUT2D eigenvalue weighted by atomic mass is 10.1. The molecule has 3 amide bonds. The first-order valence-electron chi connectivity index (χ1n) is 4.03. The van der Waals surface area contributed by atoms with Crippen LogP contribution in [0.25, 0.3) is 0 Å². The second-order valence-corrected chi connectivity index (χ2v) is 3.98. The number of urea groups is 1. The largest absolute Gasteiger partial charge is 0.322 e. The minimum atomic E-state index is -0.792. The standard InChI is InChI=1S/C9H13ClN2O2/c1-5-9(3,4)12-8(14)11-7(13)6(2)10/h1,6H,2-4H3,(H2,11,12,13,14). The van der Waals surface area contributed by atoms with Crippen molar-refractivity contribution in [3.8, 4) is 12.3 Å². The van der Waals surface area contributed by atoms with Crippen molar-refractivity contribution in [2.75, 3.05) is 0 Å². The molecule has 0 heterocycles. The van der Waals surface area contributed by atoms with E-state index in [9.17, 15) is 9.59 Å². The number of alkyl halides is 1. The molecule has 14 heavy (non-hydrogen) atoms. The van der Waals surface area contributed by atoms with Gasteiger partial charge in [-0.1, -0.05) is 5.92 Å². The van der Waals surface area contributed by atoms with E-state index >= 15 is 0 Å². The zero-order valence-electron chi connectivity index (χ0n) is 8.35. The van der Waals surface area contributed by atoms with E-state index in [1.54, 1.807) is 13.8 Å². The third-order valence-corrected chi connectivity index (χ3v) is 1.58. The van der Waals surface area contributed by atoms with Gasteiger partial charge in [0.2, 0.25) is 5.91 Å². The Morgan fingerprint density at radius 1 is 1.50 bits per heavy atom. The number of hydrogen-bond acceptors (Lipinski definition) is 2. The smallest absolute Gasteiger partial charge is 0.322 e. The van der Waals surface area contributed by atoms with Gasteiger partial charge >= 0.3 is 6.03 Å². The van der Waals surface area contributed by atoms with Crippen LogP contribution < -0.4 is 10.6 Å². The van der Waals surface area contributed by atoms with Gasteiger partial charge < -0.3 is 5.32 Å². The second kappa shape index (κ2) is 4.87. The maximum Gasteiger partial charge on any atom is 0.322 e. The van der Waals surface area contributed by atoms with Gasteiger partial charge in [-0.15, -0.1) is 18.0 Å². The van der Waals surface area contributed by atoms with Crippen LogP contribution in [-0.4, -0.2) is 22.9 Å². The van der Waals surface area contributed by atoms with Gasteiger partial charge in [-0.2, -0.15) is 0 Å². The number of hydrogen-bond donors (Lipinski definition) is 2. The van der Waals surface area contributed by atoms with Gasteiger partial charge in [0.15, 0.2) is 0 Å². The number of nitrogens with one attached hydrogen (secondary N) is 2. The Hall–Kier alpha value is -1.21. The number of carbonyl (C=O) groups is 2. The summed E-state index contributed by atoms with van der Waals surface area (Å²) in [4.78, 5) is 22.1. The fourth-order valence-corrected chi connectivity index (χ4v) is 0.617. The lowest BCUT2D eigenvalue weighted by Crippen LogP contribution is -2.50. The number of carbonyl (C=O) groups excluding carboxylic acids is 2. The summed E-state index contributed by atoms with van der Waals surface area (Å²) in [7, 11) is 0. The molecule has 1 unspecified atom stereocenters. The molecule has 0 saturated carbocycles. The normalized spacial score (nSPS) is 12.5. The van der Waals surface area contributed by atoms with Crippen molar-refractivity contribution in [2.24, 2.45) is 0 Å². The highest BCUT2D eigenvalue weighted by molar-refractivity contribution is 6.31. The fraction of sp³-hybridized carbons (Fsp3) is 0.556. The van der Waals surface area contributed by atoms with Gasteiger partial charge in [-0.25, -0.2) is 4.79 Å². The molecule has 2 N–H and O–H groups in total. The third-order valence-electron chi connectivity index (χ3n) is 1.38. The highest BCUT2D eigenvalue weighted by atomic mass is 35.5. The molecule has 0 aromatic rings. The van der Waals surface area contributed by atoms with E-state index in [0.717, 1.165) is 0 Å². The number of amides is 3. The Morgan fingerprint density at radius 2 is 2.00 bits per heavy atom. The molecule has 0 aromatic heterocycles. The summed E-state index contributed by atoms with van der Waals surface area (Å²) in [5.41, 5.74) is -0.792. The Labute approximate surface area is 88.4 Å². The molecule has 0 aliphatic rings. The predicted molar refractivity (Wildman–Crippen MR) is 54.9 cm³/mol. The van der Waals surface area contributed by atoms with Crippen molar-refractivity contribution in [2.45, 2.75) is 31.7 Å². The topological polar surface area (TPSA) is 58.2 Å². The molecule has 78 valence electrons. The van der Waals surface area contributed by atoms with Gasteiger partial charge in [-0.3, -0.25) is 10.1 Å².